The first-order valence-corrected chi connectivity index (χ1v) is 6.71. The molecule has 0 atom stereocenters. The quantitative estimate of drug-likeness (QED) is 0.630. The summed E-state index contributed by atoms with van der Waals surface area (Å²) < 4.78 is 1.04. The minimum Gasteiger partial charge on any atom is -0.240 e. The van der Waals surface area contributed by atoms with Crippen molar-refractivity contribution in [1.29, 1.82) is 0 Å². The lowest BCUT2D eigenvalue weighted by Gasteiger charge is -1.98. The number of aromatic nitrogens is 3. The van der Waals surface area contributed by atoms with Gasteiger partial charge in [-0.2, -0.15) is 0 Å². The molecular weight excluding hydrogens is 262 g/mol. The van der Waals surface area contributed by atoms with Crippen molar-refractivity contribution in [2.75, 3.05) is 0 Å². The molecule has 0 aliphatic carbocycles. The Hall–Kier alpha value is -1.04. The molecule has 0 saturated heterocycles. The van der Waals surface area contributed by atoms with Crippen LogP contribution in [0.5, 0.6) is 0 Å². The fraction of sp³-hybridized carbons (Fsp3) is 0.100. The predicted molar refractivity (Wildman–Crippen MR) is 68.3 cm³/mol. The van der Waals surface area contributed by atoms with E-state index in [-0.39, 0.29) is 5.28 Å². The summed E-state index contributed by atoms with van der Waals surface area (Å²) in [6.45, 7) is 1.97. The molecule has 16 heavy (non-hydrogen) atoms. The van der Waals surface area contributed by atoms with E-state index in [1.54, 1.807) is 22.7 Å². The number of hydrogen-bond donors (Lipinski definition) is 0. The van der Waals surface area contributed by atoms with Gasteiger partial charge in [-0.15, -0.1) is 22.7 Å². The zero-order chi connectivity index (χ0) is 11.1. The Bertz CT molecular complexity index is 659. The highest BCUT2D eigenvalue weighted by Crippen LogP contribution is 2.32. The van der Waals surface area contributed by atoms with Crippen molar-refractivity contribution in [2.45, 2.75) is 6.92 Å². The van der Waals surface area contributed by atoms with Crippen LogP contribution in [-0.4, -0.2) is 15.0 Å². The maximum Gasteiger partial charge on any atom is 0.223 e. The van der Waals surface area contributed by atoms with Crippen LogP contribution in [0.25, 0.3) is 20.9 Å². The van der Waals surface area contributed by atoms with Gasteiger partial charge in [0.05, 0.1) is 10.2 Å². The number of fused-ring (bicyclic) bond motifs is 1. The minimum atomic E-state index is 0.272. The molecule has 0 aliphatic heterocycles. The largest absolute Gasteiger partial charge is 0.240 e. The van der Waals surface area contributed by atoms with Gasteiger partial charge >= 0.3 is 0 Å². The molecule has 0 bridgehead atoms. The lowest BCUT2D eigenvalue weighted by atomic mass is 10.3. The monoisotopic (exact) mass is 267 g/mol. The molecule has 0 spiro atoms. The van der Waals surface area contributed by atoms with Crippen molar-refractivity contribution >= 4 is 44.5 Å². The molecule has 0 amide bonds. The van der Waals surface area contributed by atoms with Crippen LogP contribution in [0.3, 0.4) is 0 Å². The lowest BCUT2D eigenvalue weighted by Crippen LogP contribution is -1.87. The third-order valence-corrected chi connectivity index (χ3v) is 4.14. The second-order valence-electron chi connectivity index (χ2n) is 3.27. The van der Waals surface area contributed by atoms with Gasteiger partial charge in [-0.3, -0.25) is 0 Å². The Kier molecular flexibility index (Phi) is 2.38. The van der Waals surface area contributed by atoms with E-state index in [1.165, 1.54) is 0 Å². The van der Waals surface area contributed by atoms with Crippen LogP contribution in [0.4, 0.5) is 0 Å². The molecule has 3 aromatic rings. The van der Waals surface area contributed by atoms with Gasteiger partial charge in [0, 0.05) is 11.1 Å². The average molecular weight is 268 g/mol. The average Bonchev–Trinajstić information content (AvgIpc) is 2.84. The molecule has 3 rings (SSSR count). The maximum atomic E-state index is 5.90. The third kappa shape index (κ3) is 1.61. The molecule has 0 unspecified atom stereocenters. The molecule has 3 heterocycles. The van der Waals surface area contributed by atoms with Crippen LogP contribution in [-0.2, 0) is 0 Å². The molecule has 0 N–H and O–H groups in total. The van der Waals surface area contributed by atoms with Gasteiger partial charge in [0.15, 0.2) is 0 Å². The molecule has 0 saturated carbocycles. The number of thiophene rings is 1. The molecule has 3 aromatic heterocycles. The highest BCUT2D eigenvalue weighted by Gasteiger charge is 2.12. The standard InChI is InChI=1S/C10H6ClN3S2/c1-5-4-16-9(12-5)7-8-6(2-3-15-8)13-10(11)14-7/h2-4H,1H3. The fourth-order valence-corrected chi connectivity index (χ4v) is 3.30. The molecular formula is C10H6ClN3S2. The third-order valence-electron chi connectivity index (χ3n) is 2.10. The summed E-state index contributed by atoms with van der Waals surface area (Å²) in [7, 11) is 0. The first-order valence-electron chi connectivity index (χ1n) is 4.57. The molecule has 0 fully saturated rings. The Morgan fingerprint density at radius 3 is 2.81 bits per heavy atom. The van der Waals surface area contributed by atoms with Crippen molar-refractivity contribution in [2.24, 2.45) is 0 Å². The van der Waals surface area contributed by atoms with Gasteiger partial charge in [-0.05, 0) is 30.0 Å². The number of nitrogens with zero attached hydrogens (tertiary/aromatic N) is 3. The van der Waals surface area contributed by atoms with Gasteiger partial charge in [0.1, 0.15) is 10.7 Å². The van der Waals surface area contributed by atoms with E-state index in [1.807, 2.05) is 23.8 Å². The molecule has 6 heteroatoms. The van der Waals surface area contributed by atoms with E-state index in [4.69, 9.17) is 11.6 Å². The summed E-state index contributed by atoms with van der Waals surface area (Å²) in [5.74, 6) is 0. The number of hydrogen-bond acceptors (Lipinski definition) is 5. The van der Waals surface area contributed by atoms with Crippen LogP contribution in [0, 0.1) is 6.92 Å². The fourth-order valence-electron chi connectivity index (χ4n) is 1.44. The van der Waals surface area contributed by atoms with Crippen molar-refractivity contribution in [3.8, 4) is 10.7 Å². The summed E-state index contributed by atoms with van der Waals surface area (Å²) in [5, 5.41) is 5.16. The lowest BCUT2D eigenvalue weighted by molar-refractivity contribution is 1.20. The van der Waals surface area contributed by atoms with Crippen LogP contribution < -0.4 is 0 Å². The van der Waals surface area contributed by atoms with Crippen LogP contribution in [0.15, 0.2) is 16.8 Å². The van der Waals surface area contributed by atoms with Crippen molar-refractivity contribution in [3.05, 3.63) is 27.8 Å². The van der Waals surface area contributed by atoms with E-state index < -0.39 is 0 Å². The first-order chi connectivity index (χ1) is 7.74. The molecule has 0 aromatic carbocycles. The Balaban J connectivity index is 2.33. The van der Waals surface area contributed by atoms with Crippen LogP contribution >= 0.6 is 34.3 Å². The Morgan fingerprint density at radius 1 is 1.19 bits per heavy atom. The van der Waals surface area contributed by atoms with Gasteiger partial charge in [-0.1, -0.05) is 0 Å². The SMILES string of the molecule is Cc1csc(-c2nc(Cl)nc3ccsc23)n1. The van der Waals surface area contributed by atoms with E-state index in [2.05, 4.69) is 15.0 Å². The molecule has 0 aliphatic rings. The van der Waals surface area contributed by atoms with Gasteiger partial charge < -0.3 is 0 Å². The first kappa shape index (κ1) is 10.1. The topological polar surface area (TPSA) is 38.7 Å². The molecule has 0 radical (unpaired) electrons. The second kappa shape index (κ2) is 3.76. The van der Waals surface area contributed by atoms with Gasteiger partial charge in [0.25, 0.3) is 0 Å². The normalized spacial score (nSPS) is 11.1. The van der Waals surface area contributed by atoms with E-state index in [0.29, 0.717) is 0 Å². The highest BCUT2D eigenvalue weighted by atomic mass is 35.5. The van der Waals surface area contributed by atoms with Crippen molar-refractivity contribution in [1.82, 2.24) is 15.0 Å². The number of aryl methyl sites for hydroxylation is 1. The number of thiazole rings is 1. The van der Waals surface area contributed by atoms with E-state index >= 15 is 0 Å². The Morgan fingerprint density at radius 2 is 2.06 bits per heavy atom. The minimum absolute atomic E-state index is 0.272. The van der Waals surface area contributed by atoms with E-state index in [9.17, 15) is 0 Å². The van der Waals surface area contributed by atoms with Crippen LogP contribution in [0.2, 0.25) is 5.28 Å². The Labute approximate surface area is 105 Å². The van der Waals surface area contributed by atoms with Crippen LogP contribution in [0.1, 0.15) is 5.69 Å². The number of halogens is 1. The number of rotatable bonds is 1. The summed E-state index contributed by atoms with van der Waals surface area (Å²) in [4.78, 5) is 12.9. The van der Waals surface area contributed by atoms with E-state index in [0.717, 1.165) is 26.6 Å². The van der Waals surface area contributed by atoms with Gasteiger partial charge in [0.2, 0.25) is 5.28 Å². The smallest absolute Gasteiger partial charge is 0.223 e. The van der Waals surface area contributed by atoms with Crippen molar-refractivity contribution in [3.63, 3.8) is 0 Å². The zero-order valence-corrected chi connectivity index (χ0v) is 10.7. The maximum absolute atomic E-state index is 5.90. The zero-order valence-electron chi connectivity index (χ0n) is 8.27. The summed E-state index contributed by atoms with van der Waals surface area (Å²) in [6, 6.07) is 1.94. The summed E-state index contributed by atoms with van der Waals surface area (Å²) in [6.07, 6.45) is 0. The summed E-state index contributed by atoms with van der Waals surface area (Å²) >= 11 is 9.08. The van der Waals surface area contributed by atoms with Crippen molar-refractivity contribution < 1.29 is 0 Å². The molecule has 80 valence electrons. The summed E-state index contributed by atoms with van der Waals surface area (Å²) in [5.41, 5.74) is 2.72. The predicted octanol–water partition coefficient (Wildman–Crippen LogP) is 3.78. The highest BCUT2D eigenvalue weighted by molar-refractivity contribution is 7.18. The molecule has 3 nitrogen and oxygen atoms in total. The van der Waals surface area contributed by atoms with Gasteiger partial charge in [-0.25, -0.2) is 15.0 Å². The second-order valence-corrected chi connectivity index (χ2v) is 5.38.